The average molecular weight is 321 g/mol. The molecule has 0 aliphatic carbocycles. The zero-order chi connectivity index (χ0) is 13.3. The molecular formula is C11H8BrF3N2O. The van der Waals surface area contributed by atoms with Crippen LogP contribution in [0.3, 0.4) is 0 Å². The van der Waals surface area contributed by atoms with Gasteiger partial charge in [0.25, 0.3) is 0 Å². The predicted molar refractivity (Wildman–Crippen MR) is 63.3 cm³/mol. The highest BCUT2D eigenvalue weighted by Crippen LogP contribution is 2.33. The van der Waals surface area contributed by atoms with Gasteiger partial charge in [-0.25, -0.2) is 0 Å². The molecule has 7 heteroatoms. The number of rotatable bonds is 2. The standard InChI is InChI=1S/C11H8BrF3N2O/c1-18-9-3-2-6(4-7(9)12)8-5-10(17-16-8)11(13,14)15/h2-5H,1H3,(H,16,17). The lowest BCUT2D eigenvalue weighted by atomic mass is 10.1. The quantitative estimate of drug-likeness (QED) is 0.912. The number of halogens is 4. The van der Waals surface area contributed by atoms with Crippen LogP contribution in [0.1, 0.15) is 5.69 Å². The second kappa shape index (κ2) is 4.64. The third-order valence-corrected chi connectivity index (χ3v) is 2.95. The van der Waals surface area contributed by atoms with Crippen LogP contribution in [0.2, 0.25) is 0 Å². The smallest absolute Gasteiger partial charge is 0.432 e. The van der Waals surface area contributed by atoms with E-state index in [4.69, 9.17) is 4.74 Å². The number of methoxy groups -OCH3 is 1. The largest absolute Gasteiger partial charge is 0.496 e. The van der Waals surface area contributed by atoms with E-state index >= 15 is 0 Å². The number of H-pyrrole nitrogens is 1. The lowest BCUT2D eigenvalue weighted by Gasteiger charge is -2.04. The summed E-state index contributed by atoms with van der Waals surface area (Å²) < 4.78 is 42.9. The molecule has 96 valence electrons. The fourth-order valence-electron chi connectivity index (χ4n) is 1.44. The fourth-order valence-corrected chi connectivity index (χ4v) is 1.98. The van der Waals surface area contributed by atoms with Gasteiger partial charge in [-0.1, -0.05) is 0 Å². The van der Waals surface area contributed by atoms with Crippen molar-refractivity contribution in [2.24, 2.45) is 0 Å². The molecule has 0 fully saturated rings. The number of alkyl halides is 3. The molecule has 0 saturated carbocycles. The Balaban J connectivity index is 2.38. The lowest BCUT2D eigenvalue weighted by molar-refractivity contribution is -0.141. The van der Waals surface area contributed by atoms with E-state index in [1.54, 1.807) is 18.2 Å². The Hall–Kier alpha value is -1.50. The maximum absolute atomic E-state index is 12.4. The highest BCUT2D eigenvalue weighted by atomic mass is 79.9. The molecule has 0 aliphatic heterocycles. The molecular weight excluding hydrogens is 313 g/mol. The van der Waals surface area contributed by atoms with E-state index in [9.17, 15) is 13.2 Å². The number of hydrogen-bond acceptors (Lipinski definition) is 2. The first kappa shape index (κ1) is 12.9. The van der Waals surface area contributed by atoms with Crippen LogP contribution in [-0.4, -0.2) is 17.3 Å². The molecule has 0 atom stereocenters. The van der Waals surface area contributed by atoms with Crippen LogP contribution in [0.5, 0.6) is 5.75 Å². The van der Waals surface area contributed by atoms with Crippen molar-refractivity contribution in [2.45, 2.75) is 6.18 Å². The van der Waals surface area contributed by atoms with Gasteiger partial charge in [0, 0.05) is 5.56 Å². The number of ether oxygens (including phenoxy) is 1. The van der Waals surface area contributed by atoms with Crippen LogP contribution in [0.15, 0.2) is 28.7 Å². The summed E-state index contributed by atoms with van der Waals surface area (Å²) in [4.78, 5) is 0. The van der Waals surface area contributed by atoms with Gasteiger partial charge in [-0.2, -0.15) is 18.3 Å². The SMILES string of the molecule is COc1ccc(-c2cc(C(F)(F)F)[nH]n2)cc1Br. The molecule has 1 aromatic heterocycles. The van der Waals surface area contributed by atoms with Crippen molar-refractivity contribution in [3.8, 4) is 17.0 Å². The molecule has 18 heavy (non-hydrogen) atoms. The van der Waals surface area contributed by atoms with Gasteiger partial charge in [-0.3, -0.25) is 5.10 Å². The van der Waals surface area contributed by atoms with Crippen molar-refractivity contribution in [3.63, 3.8) is 0 Å². The number of nitrogens with one attached hydrogen (secondary N) is 1. The first-order valence-corrected chi connectivity index (χ1v) is 5.67. The number of nitrogens with zero attached hydrogens (tertiary/aromatic N) is 1. The van der Waals surface area contributed by atoms with E-state index in [2.05, 4.69) is 21.0 Å². The zero-order valence-electron chi connectivity index (χ0n) is 9.18. The number of hydrogen-bond donors (Lipinski definition) is 1. The summed E-state index contributed by atoms with van der Waals surface area (Å²) >= 11 is 3.27. The minimum atomic E-state index is -4.42. The second-order valence-electron chi connectivity index (χ2n) is 3.51. The maximum Gasteiger partial charge on any atom is 0.432 e. The summed E-state index contributed by atoms with van der Waals surface area (Å²) in [5, 5.41) is 5.61. The van der Waals surface area contributed by atoms with Crippen molar-refractivity contribution in [1.82, 2.24) is 10.2 Å². The highest BCUT2D eigenvalue weighted by Gasteiger charge is 2.33. The van der Waals surface area contributed by atoms with Gasteiger partial charge in [0.2, 0.25) is 0 Å². The van der Waals surface area contributed by atoms with Gasteiger partial charge < -0.3 is 4.74 Å². The van der Waals surface area contributed by atoms with Crippen LogP contribution in [0.4, 0.5) is 13.2 Å². The van der Waals surface area contributed by atoms with Crippen LogP contribution < -0.4 is 4.74 Å². The minimum absolute atomic E-state index is 0.227. The Morgan fingerprint density at radius 2 is 2.00 bits per heavy atom. The predicted octanol–water partition coefficient (Wildman–Crippen LogP) is 3.87. The Kier molecular flexibility index (Phi) is 3.34. The molecule has 2 rings (SSSR count). The third kappa shape index (κ3) is 2.50. The summed E-state index contributed by atoms with van der Waals surface area (Å²) in [7, 11) is 1.51. The molecule has 2 aromatic rings. The number of aromatic amines is 1. The van der Waals surface area contributed by atoms with E-state index < -0.39 is 11.9 Å². The first-order valence-electron chi connectivity index (χ1n) is 4.88. The summed E-state index contributed by atoms with van der Waals surface area (Å²) in [6, 6.07) is 5.91. The summed E-state index contributed by atoms with van der Waals surface area (Å²) in [5.41, 5.74) is -0.0791. The van der Waals surface area contributed by atoms with Gasteiger partial charge in [0.05, 0.1) is 17.3 Å². The molecule has 1 N–H and O–H groups in total. The average Bonchev–Trinajstić information content (AvgIpc) is 2.77. The molecule has 0 aliphatic rings. The normalized spacial score (nSPS) is 11.6. The zero-order valence-corrected chi connectivity index (χ0v) is 10.8. The molecule has 0 saturated heterocycles. The molecule has 0 radical (unpaired) electrons. The van der Waals surface area contributed by atoms with Gasteiger partial charge in [0.15, 0.2) is 0 Å². The Morgan fingerprint density at radius 1 is 1.28 bits per heavy atom. The number of aromatic nitrogens is 2. The van der Waals surface area contributed by atoms with Crippen LogP contribution >= 0.6 is 15.9 Å². The Morgan fingerprint density at radius 3 is 2.50 bits per heavy atom. The van der Waals surface area contributed by atoms with Gasteiger partial charge in [-0.05, 0) is 40.2 Å². The molecule has 1 heterocycles. The summed E-state index contributed by atoms with van der Waals surface area (Å²) in [5.74, 6) is 0.602. The molecule has 0 unspecified atom stereocenters. The highest BCUT2D eigenvalue weighted by molar-refractivity contribution is 9.10. The molecule has 0 spiro atoms. The van der Waals surface area contributed by atoms with Crippen LogP contribution in [0, 0.1) is 0 Å². The van der Waals surface area contributed by atoms with E-state index in [0.717, 1.165) is 6.07 Å². The summed E-state index contributed by atoms with van der Waals surface area (Å²) in [6.07, 6.45) is -4.42. The van der Waals surface area contributed by atoms with E-state index in [1.165, 1.54) is 7.11 Å². The third-order valence-electron chi connectivity index (χ3n) is 2.33. The van der Waals surface area contributed by atoms with Crippen molar-refractivity contribution in [1.29, 1.82) is 0 Å². The van der Waals surface area contributed by atoms with Gasteiger partial charge >= 0.3 is 6.18 Å². The van der Waals surface area contributed by atoms with Crippen molar-refractivity contribution < 1.29 is 17.9 Å². The van der Waals surface area contributed by atoms with Crippen LogP contribution in [0.25, 0.3) is 11.3 Å². The van der Waals surface area contributed by atoms with Gasteiger partial charge in [0.1, 0.15) is 11.4 Å². The van der Waals surface area contributed by atoms with E-state index in [-0.39, 0.29) is 5.69 Å². The molecule has 0 amide bonds. The number of benzene rings is 1. The minimum Gasteiger partial charge on any atom is -0.496 e. The van der Waals surface area contributed by atoms with Crippen molar-refractivity contribution in [2.75, 3.05) is 7.11 Å². The van der Waals surface area contributed by atoms with E-state index in [1.807, 2.05) is 5.10 Å². The summed E-state index contributed by atoms with van der Waals surface area (Å²) in [6.45, 7) is 0. The fraction of sp³-hybridized carbons (Fsp3) is 0.182. The van der Waals surface area contributed by atoms with Gasteiger partial charge in [-0.15, -0.1) is 0 Å². The lowest BCUT2D eigenvalue weighted by Crippen LogP contribution is -2.04. The van der Waals surface area contributed by atoms with Crippen LogP contribution in [-0.2, 0) is 6.18 Å². The molecule has 3 nitrogen and oxygen atoms in total. The second-order valence-corrected chi connectivity index (χ2v) is 4.37. The molecule has 1 aromatic carbocycles. The van der Waals surface area contributed by atoms with Crippen molar-refractivity contribution in [3.05, 3.63) is 34.4 Å². The van der Waals surface area contributed by atoms with E-state index in [0.29, 0.717) is 15.8 Å². The first-order chi connectivity index (χ1) is 8.41. The Labute approximate surface area is 109 Å². The Bertz CT molecular complexity index is 566. The monoisotopic (exact) mass is 320 g/mol. The maximum atomic E-state index is 12.4. The van der Waals surface area contributed by atoms with Crippen molar-refractivity contribution >= 4 is 15.9 Å². The topological polar surface area (TPSA) is 37.9 Å². The molecule has 0 bridgehead atoms.